The first-order valence-corrected chi connectivity index (χ1v) is 3.96. The van der Waals surface area contributed by atoms with Crippen LogP contribution in [0.4, 0.5) is 0 Å². The minimum absolute atomic E-state index is 0.0647. The number of hydrogen-bond acceptors (Lipinski definition) is 3. The summed E-state index contributed by atoms with van der Waals surface area (Å²) in [6.45, 7) is 4.81. The number of hydrogen-bond donors (Lipinski definition) is 0. The van der Waals surface area contributed by atoms with Gasteiger partial charge in [-0.05, 0) is 4.57 Å². The van der Waals surface area contributed by atoms with Crippen LogP contribution in [0.25, 0.3) is 0 Å². The van der Waals surface area contributed by atoms with Gasteiger partial charge in [0.2, 0.25) is 0 Å². The Bertz CT molecular complexity index is 141. The molecule has 1 unspecified atom stereocenters. The van der Waals surface area contributed by atoms with E-state index in [0.29, 0.717) is 11.9 Å². The van der Waals surface area contributed by atoms with E-state index in [1.165, 1.54) is 6.66 Å². The predicted molar refractivity (Wildman–Crippen MR) is 34.7 cm³/mol. The molecule has 0 N–H and O–H groups in total. The van der Waals surface area contributed by atoms with Crippen LogP contribution < -0.4 is 0 Å². The second-order valence-electron chi connectivity index (χ2n) is 1.49. The minimum Gasteiger partial charge on any atom is -0.298 e. The van der Waals surface area contributed by atoms with E-state index in [0.717, 1.165) is 0 Å². The molecule has 0 bridgehead atoms. The Morgan fingerprint density at radius 3 is 2.78 bits per heavy atom. The highest BCUT2D eigenvalue weighted by atomic mass is 31.1. The lowest BCUT2D eigenvalue weighted by molar-refractivity contribution is -0.105. The number of rotatable bonds is 4. The van der Waals surface area contributed by atoms with Crippen LogP contribution in [0.2, 0.25) is 0 Å². The average molecular weight is 147 g/mol. The van der Waals surface area contributed by atoms with Gasteiger partial charge in [0.05, 0.1) is 0 Å². The monoisotopic (exact) mass is 147 g/mol. The Hall–Kier alpha value is -0.530. The largest absolute Gasteiger partial charge is 0.505 e. The molecule has 0 aromatic rings. The fourth-order valence-corrected chi connectivity index (χ4v) is 0.555. The van der Waals surface area contributed by atoms with Gasteiger partial charge in [-0.15, -0.1) is 4.52 Å². The lowest BCUT2D eigenvalue weighted by Crippen LogP contribution is -1.90. The third-order valence-corrected chi connectivity index (χ3v) is 1.09. The second-order valence-corrected chi connectivity index (χ2v) is 2.63. The first-order chi connectivity index (χ1) is 4.16. The summed E-state index contributed by atoms with van der Waals surface area (Å²) in [5.41, 5.74) is 0.306. The molecule has 0 saturated carbocycles. The van der Waals surface area contributed by atoms with Gasteiger partial charge in [0.1, 0.15) is 12.9 Å². The zero-order valence-electron chi connectivity index (χ0n) is 5.16. The smallest absolute Gasteiger partial charge is 0.298 e. The molecule has 0 fully saturated rings. The van der Waals surface area contributed by atoms with Gasteiger partial charge in [0.15, 0.2) is 6.66 Å². The molecule has 0 aliphatic rings. The first kappa shape index (κ1) is 8.47. The maximum absolute atomic E-state index is 10.2. The van der Waals surface area contributed by atoms with Crippen LogP contribution >= 0.6 is 8.03 Å². The maximum atomic E-state index is 10.2. The number of carbonyl (C=O) groups is 1. The molecule has 3 nitrogen and oxygen atoms in total. The summed E-state index contributed by atoms with van der Waals surface area (Å²) in [7, 11) is -1.61. The SMILES string of the molecule is C=C(C=O)CO[P+](C)=O. The van der Waals surface area contributed by atoms with Crippen molar-refractivity contribution in [3.8, 4) is 0 Å². The van der Waals surface area contributed by atoms with E-state index < -0.39 is 8.03 Å². The Morgan fingerprint density at radius 2 is 2.44 bits per heavy atom. The molecule has 0 radical (unpaired) electrons. The van der Waals surface area contributed by atoms with Crippen LogP contribution in [0.3, 0.4) is 0 Å². The van der Waals surface area contributed by atoms with Gasteiger partial charge in [-0.25, -0.2) is 0 Å². The van der Waals surface area contributed by atoms with E-state index in [1.807, 2.05) is 0 Å². The van der Waals surface area contributed by atoms with Gasteiger partial charge in [-0.3, -0.25) is 4.79 Å². The minimum atomic E-state index is -1.61. The fourth-order valence-electron chi connectivity index (χ4n) is 0.208. The zero-order valence-corrected chi connectivity index (χ0v) is 6.06. The van der Waals surface area contributed by atoms with E-state index >= 15 is 0 Å². The highest BCUT2D eigenvalue weighted by Gasteiger charge is 2.06. The summed E-state index contributed by atoms with van der Waals surface area (Å²) in [6.07, 6.45) is 0.582. The summed E-state index contributed by atoms with van der Waals surface area (Å²) in [4.78, 5) is 9.84. The summed E-state index contributed by atoms with van der Waals surface area (Å²) in [5.74, 6) is 0. The molecule has 0 aromatic carbocycles. The van der Waals surface area contributed by atoms with E-state index in [9.17, 15) is 9.36 Å². The zero-order chi connectivity index (χ0) is 7.28. The molecule has 0 spiro atoms. The van der Waals surface area contributed by atoms with E-state index in [2.05, 4.69) is 11.1 Å². The quantitative estimate of drug-likeness (QED) is 0.340. The normalized spacial score (nSPS) is 10.6. The molecule has 9 heavy (non-hydrogen) atoms. The van der Waals surface area contributed by atoms with Crippen molar-refractivity contribution < 1.29 is 13.9 Å². The van der Waals surface area contributed by atoms with Crippen molar-refractivity contribution in [3.63, 3.8) is 0 Å². The van der Waals surface area contributed by atoms with Crippen molar-refractivity contribution in [2.75, 3.05) is 13.3 Å². The van der Waals surface area contributed by atoms with E-state index in [-0.39, 0.29) is 6.61 Å². The van der Waals surface area contributed by atoms with Crippen LogP contribution in [0.15, 0.2) is 12.2 Å². The Labute approximate surface area is 54.6 Å². The van der Waals surface area contributed by atoms with Crippen molar-refractivity contribution in [3.05, 3.63) is 12.2 Å². The molecule has 0 aliphatic heterocycles. The Kier molecular flexibility index (Phi) is 4.10. The van der Waals surface area contributed by atoms with E-state index in [1.54, 1.807) is 0 Å². The van der Waals surface area contributed by atoms with Crippen LogP contribution in [0.1, 0.15) is 0 Å². The van der Waals surface area contributed by atoms with Gasteiger partial charge in [0, 0.05) is 5.57 Å². The molecule has 4 heteroatoms. The first-order valence-electron chi connectivity index (χ1n) is 2.33. The highest BCUT2D eigenvalue weighted by Crippen LogP contribution is 2.15. The lowest BCUT2D eigenvalue weighted by atomic mass is 10.4. The van der Waals surface area contributed by atoms with E-state index in [4.69, 9.17) is 0 Å². The molecule has 1 atom stereocenters. The summed E-state index contributed by atoms with van der Waals surface area (Å²) in [6, 6.07) is 0. The predicted octanol–water partition coefficient (Wildman–Crippen LogP) is 1.13. The summed E-state index contributed by atoms with van der Waals surface area (Å²) < 4.78 is 14.8. The van der Waals surface area contributed by atoms with Crippen LogP contribution in [0, 0.1) is 0 Å². The number of carbonyl (C=O) groups excluding carboxylic acids is 1. The molecular weight excluding hydrogens is 139 g/mol. The van der Waals surface area contributed by atoms with Crippen molar-refractivity contribution in [2.24, 2.45) is 0 Å². The lowest BCUT2D eigenvalue weighted by Gasteiger charge is -1.84. The third-order valence-electron chi connectivity index (χ3n) is 0.598. The molecular formula is C5H8O3P+. The summed E-state index contributed by atoms with van der Waals surface area (Å²) >= 11 is 0. The average Bonchev–Trinajstić information content (AvgIpc) is 1.83. The molecule has 0 saturated heterocycles. The van der Waals surface area contributed by atoms with Crippen LogP contribution in [-0.4, -0.2) is 19.6 Å². The maximum Gasteiger partial charge on any atom is 0.505 e. The molecule has 0 rings (SSSR count). The van der Waals surface area contributed by atoms with Crippen molar-refractivity contribution in [1.82, 2.24) is 0 Å². The Balaban J connectivity index is 3.39. The van der Waals surface area contributed by atoms with Gasteiger partial charge in [-0.1, -0.05) is 6.58 Å². The molecule has 0 aromatic heterocycles. The number of aldehydes is 1. The molecule has 0 aliphatic carbocycles. The van der Waals surface area contributed by atoms with Gasteiger partial charge in [-0.2, -0.15) is 0 Å². The third kappa shape index (κ3) is 5.34. The van der Waals surface area contributed by atoms with Gasteiger partial charge in [0.25, 0.3) is 0 Å². The van der Waals surface area contributed by atoms with Crippen molar-refractivity contribution in [2.45, 2.75) is 0 Å². The standard InChI is InChI=1S/C5H8O3P/c1-5(3-6)4-8-9(2)7/h3H,1,4H2,2H3/q+1. The van der Waals surface area contributed by atoms with Crippen molar-refractivity contribution in [1.29, 1.82) is 0 Å². The highest BCUT2D eigenvalue weighted by molar-refractivity contribution is 7.38. The van der Waals surface area contributed by atoms with Crippen LogP contribution in [-0.2, 0) is 13.9 Å². The molecule has 0 amide bonds. The van der Waals surface area contributed by atoms with Gasteiger partial charge < -0.3 is 0 Å². The van der Waals surface area contributed by atoms with Crippen molar-refractivity contribution >= 4 is 14.3 Å². The second kappa shape index (κ2) is 4.36. The van der Waals surface area contributed by atoms with Gasteiger partial charge >= 0.3 is 8.03 Å². The fraction of sp³-hybridized carbons (Fsp3) is 0.400. The van der Waals surface area contributed by atoms with Crippen LogP contribution in [0.5, 0.6) is 0 Å². The molecule has 50 valence electrons. The summed E-state index contributed by atoms with van der Waals surface area (Å²) in [5, 5.41) is 0. The topological polar surface area (TPSA) is 43.4 Å². The molecule has 0 heterocycles. The Morgan fingerprint density at radius 1 is 1.89 bits per heavy atom.